The Balaban J connectivity index is 2.05. The molecule has 0 unspecified atom stereocenters. The van der Waals surface area contributed by atoms with Gasteiger partial charge >= 0.3 is 0 Å². The maximum atomic E-state index is 10.9. The van der Waals surface area contributed by atoms with E-state index in [-0.39, 0.29) is 12.3 Å². The summed E-state index contributed by atoms with van der Waals surface area (Å²) in [5.74, 6) is 0.611. The van der Waals surface area contributed by atoms with Crippen molar-refractivity contribution in [3.63, 3.8) is 0 Å². The molecular weight excluding hydrogens is 270 g/mol. The molecule has 2 rings (SSSR count). The van der Waals surface area contributed by atoms with Crippen LogP contribution in [0.3, 0.4) is 0 Å². The first-order valence-corrected chi connectivity index (χ1v) is 6.75. The molecule has 0 fully saturated rings. The molecule has 0 spiro atoms. The average molecular weight is 287 g/mol. The number of hydrogen-bond acceptors (Lipinski definition) is 4. The molecule has 5 heteroatoms. The van der Waals surface area contributed by atoms with Gasteiger partial charge < -0.3 is 9.84 Å². The number of nitrogens with zero attached hydrogens (tertiary/aromatic N) is 1. The highest BCUT2D eigenvalue weighted by Gasteiger charge is 2.12. The highest BCUT2D eigenvalue weighted by molar-refractivity contribution is 5.39. The monoisotopic (exact) mass is 287 g/mol. The lowest BCUT2D eigenvalue weighted by molar-refractivity contribution is -0.385. The van der Waals surface area contributed by atoms with Crippen molar-refractivity contribution in [3.8, 4) is 5.75 Å². The summed E-state index contributed by atoms with van der Waals surface area (Å²) in [6.45, 7) is 2.04. The van der Waals surface area contributed by atoms with Gasteiger partial charge in [0.1, 0.15) is 12.4 Å². The molecule has 0 aliphatic carbocycles. The van der Waals surface area contributed by atoms with Gasteiger partial charge in [0.15, 0.2) is 0 Å². The van der Waals surface area contributed by atoms with Gasteiger partial charge in [0.05, 0.1) is 16.6 Å². The van der Waals surface area contributed by atoms with Crippen molar-refractivity contribution in [2.24, 2.45) is 0 Å². The SMILES string of the molecule is CC[C@@H](O)c1ccc(OCc2ccccc2[N+](=O)[O-])cc1. The normalized spacial score (nSPS) is 11.9. The van der Waals surface area contributed by atoms with Crippen LogP contribution in [0.2, 0.25) is 0 Å². The number of nitro benzene ring substituents is 1. The molecule has 0 radical (unpaired) electrons. The van der Waals surface area contributed by atoms with Gasteiger partial charge in [-0.1, -0.05) is 31.2 Å². The van der Waals surface area contributed by atoms with Crippen LogP contribution in [0.25, 0.3) is 0 Å². The van der Waals surface area contributed by atoms with Gasteiger partial charge in [0, 0.05) is 6.07 Å². The third kappa shape index (κ3) is 3.79. The molecule has 0 aliphatic heterocycles. The second-order valence-electron chi connectivity index (χ2n) is 4.67. The molecule has 2 aromatic rings. The molecule has 0 bridgehead atoms. The van der Waals surface area contributed by atoms with Crippen LogP contribution in [-0.4, -0.2) is 10.0 Å². The summed E-state index contributed by atoms with van der Waals surface area (Å²) in [7, 11) is 0. The van der Waals surface area contributed by atoms with Crippen molar-refractivity contribution in [2.45, 2.75) is 26.1 Å². The molecule has 21 heavy (non-hydrogen) atoms. The summed E-state index contributed by atoms with van der Waals surface area (Å²) in [4.78, 5) is 10.5. The van der Waals surface area contributed by atoms with Crippen LogP contribution in [0, 0.1) is 10.1 Å². The number of para-hydroxylation sites is 1. The molecular formula is C16H17NO4. The Bertz CT molecular complexity index is 610. The molecule has 0 aliphatic rings. The second kappa shape index (κ2) is 6.85. The van der Waals surface area contributed by atoms with Crippen LogP contribution in [0.5, 0.6) is 5.75 Å². The van der Waals surface area contributed by atoms with Crippen LogP contribution in [-0.2, 0) is 6.61 Å². The Kier molecular flexibility index (Phi) is 4.90. The maximum absolute atomic E-state index is 10.9. The number of hydrogen-bond donors (Lipinski definition) is 1. The van der Waals surface area contributed by atoms with E-state index in [1.807, 2.05) is 6.92 Å². The lowest BCUT2D eigenvalue weighted by Gasteiger charge is -2.10. The van der Waals surface area contributed by atoms with Crippen LogP contribution in [0.1, 0.15) is 30.6 Å². The lowest BCUT2D eigenvalue weighted by atomic mass is 10.1. The van der Waals surface area contributed by atoms with Gasteiger partial charge in [-0.25, -0.2) is 0 Å². The molecule has 0 heterocycles. The van der Waals surface area contributed by atoms with E-state index in [0.29, 0.717) is 17.7 Å². The zero-order valence-electron chi connectivity index (χ0n) is 11.7. The molecule has 1 atom stereocenters. The van der Waals surface area contributed by atoms with Gasteiger partial charge in [-0.15, -0.1) is 0 Å². The standard InChI is InChI=1S/C16H17NO4/c1-2-16(18)12-7-9-14(10-8-12)21-11-13-5-3-4-6-15(13)17(19)20/h3-10,16,18H,2,11H2,1H3/t16-/m1/s1. The number of aliphatic hydroxyl groups excluding tert-OH is 1. The van der Waals surface area contributed by atoms with Crippen molar-refractivity contribution in [1.29, 1.82) is 0 Å². The molecule has 110 valence electrons. The van der Waals surface area contributed by atoms with Gasteiger partial charge in [-0.2, -0.15) is 0 Å². The molecule has 5 nitrogen and oxygen atoms in total. The summed E-state index contributed by atoms with van der Waals surface area (Å²) in [5.41, 5.74) is 1.41. The van der Waals surface area contributed by atoms with Gasteiger partial charge in [0.25, 0.3) is 5.69 Å². The zero-order chi connectivity index (χ0) is 15.2. The van der Waals surface area contributed by atoms with E-state index in [4.69, 9.17) is 4.74 Å². The van der Waals surface area contributed by atoms with Crippen LogP contribution < -0.4 is 4.74 Å². The quantitative estimate of drug-likeness (QED) is 0.650. The molecule has 0 saturated carbocycles. The molecule has 2 aromatic carbocycles. The highest BCUT2D eigenvalue weighted by atomic mass is 16.6. The Morgan fingerprint density at radius 3 is 2.48 bits per heavy atom. The predicted octanol–water partition coefficient (Wildman–Crippen LogP) is 3.62. The summed E-state index contributed by atoms with van der Waals surface area (Å²) >= 11 is 0. The molecule has 1 N–H and O–H groups in total. The number of rotatable bonds is 6. The van der Waals surface area contributed by atoms with Crippen LogP contribution in [0.4, 0.5) is 5.69 Å². The summed E-state index contributed by atoms with van der Waals surface area (Å²) in [5, 5.41) is 20.6. The largest absolute Gasteiger partial charge is 0.489 e. The fraction of sp³-hybridized carbons (Fsp3) is 0.250. The summed E-state index contributed by atoms with van der Waals surface area (Å²) < 4.78 is 5.57. The van der Waals surface area contributed by atoms with Crippen molar-refractivity contribution < 1.29 is 14.8 Å². The number of benzene rings is 2. The van der Waals surface area contributed by atoms with E-state index in [9.17, 15) is 15.2 Å². The number of ether oxygens (including phenoxy) is 1. The van der Waals surface area contributed by atoms with Gasteiger partial charge in [-0.05, 0) is 30.2 Å². The van der Waals surface area contributed by atoms with Crippen molar-refractivity contribution >= 4 is 5.69 Å². The Morgan fingerprint density at radius 2 is 1.86 bits per heavy atom. The summed E-state index contributed by atoms with van der Waals surface area (Å²) in [6.07, 6.45) is 0.172. The first-order chi connectivity index (χ1) is 10.1. The van der Waals surface area contributed by atoms with Crippen LogP contribution >= 0.6 is 0 Å². The number of aliphatic hydroxyl groups is 1. The Hall–Kier alpha value is -2.40. The first kappa shape index (κ1) is 15.0. The van der Waals surface area contributed by atoms with E-state index in [0.717, 1.165) is 5.56 Å². The predicted molar refractivity (Wildman–Crippen MR) is 79.1 cm³/mol. The van der Waals surface area contributed by atoms with E-state index in [1.165, 1.54) is 6.07 Å². The fourth-order valence-corrected chi connectivity index (χ4v) is 1.99. The average Bonchev–Trinajstić information content (AvgIpc) is 2.52. The third-order valence-corrected chi connectivity index (χ3v) is 3.23. The molecule has 0 saturated heterocycles. The Morgan fingerprint density at radius 1 is 1.19 bits per heavy atom. The smallest absolute Gasteiger partial charge is 0.276 e. The van der Waals surface area contributed by atoms with E-state index >= 15 is 0 Å². The van der Waals surface area contributed by atoms with Gasteiger partial charge in [0.2, 0.25) is 0 Å². The molecule has 0 aromatic heterocycles. The van der Waals surface area contributed by atoms with E-state index < -0.39 is 11.0 Å². The number of nitro groups is 1. The minimum absolute atomic E-state index is 0.0514. The maximum Gasteiger partial charge on any atom is 0.276 e. The topological polar surface area (TPSA) is 72.6 Å². The lowest BCUT2D eigenvalue weighted by Crippen LogP contribution is -2.01. The van der Waals surface area contributed by atoms with E-state index in [2.05, 4.69) is 0 Å². The summed E-state index contributed by atoms with van der Waals surface area (Å²) in [6, 6.07) is 13.6. The highest BCUT2D eigenvalue weighted by Crippen LogP contribution is 2.22. The minimum Gasteiger partial charge on any atom is -0.489 e. The minimum atomic E-state index is -0.478. The molecule has 0 amide bonds. The fourth-order valence-electron chi connectivity index (χ4n) is 1.99. The Labute approximate surface area is 123 Å². The zero-order valence-corrected chi connectivity index (χ0v) is 11.7. The van der Waals surface area contributed by atoms with Gasteiger partial charge in [-0.3, -0.25) is 10.1 Å². The van der Waals surface area contributed by atoms with Crippen molar-refractivity contribution in [1.82, 2.24) is 0 Å². The second-order valence-corrected chi connectivity index (χ2v) is 4.67. The van der Waals surface area contributed by atoms with Crippen LogP contribution in [0.15, 0.2) is 48.5 Å². The van der Waals surface area contributed by atoms with Crippen molar-refractivity contribution in [3.05, 3.63) is 69.8 Å². The van der Waals surface area contributed by atoms with E-state index in [1.54, 1.807) is 42.5 Å². The third-order valence-electron chi connectivity index (χ3n) is 3.23. The van der Waals surface area contributed by atoms with Crippen molar-refractivity contribution in [2.75, 3.05) is 0 Å². The first-order valence-electron chi connectivity index (χ1n) is 6.75.